The minimum Gasteiger partial charge on any atom is -0.353 e. The molecule has 0 unspecified atom stereocenters. The Kier molecular flexibility index (Phi) is 5.58. The van der Waals surface area contributed by atoms with Crippen molar-refractivity contribution in [3.8, 4) is 0 Å². The Balaban J connectivity index is 1.89. The number of nitrogens with zero attached hydrogens (tertiary/aromatic N) is 1. The molecule has 1 heterocycles. The number of rotatable bonds is 5. The number of piperidine rings is 1. The van der Waals surface area contributed by atoms with Crippen LogP contribution in [0.25, 0.3) is 0 Å². The molecule has 1 amide bonds. The second-order valence-corrected chi connectivity index (χ2v) is 8.05. The van der Waals surface area contributed by atoms with E-state index in [1.54, 1.807) is 0 Å². The largest absolute Gasteiger partial charge is 0.353 e. The molecule has 122 valence electrons. The molecule has 0 atom stereocenters. The van der Waals surface area contributed by atoms with E-state index in [-0.39, 0.29) is 23.6 Å². The quantitative estimate of drug-likeness (QED) is 0.897. The van der Waals surface area contributed by atoms with Gasteiger partial charge in [-0.2, -0.15) is 0 Å². The maximum Gasteiger partial charge on any atom is 0.222 e. The second-order valence-electron chi connectivity index (χ2n) is 6.08. The number of hydrogen-bond acceptors (Lipinski definition) is 3. The third kappa shape index (κ3) is 4.55. The van der Waals surface area contributed by atoms with Crippen molar-refractivity contribution in [1.82, 2.24) is 9.62 Å². The lowest BCUT2D eigenvalue weighted by Crippen LogP contribution is -2.47. The molecule has 0 spiro atoms. The highest BCUT2D eigenvalue weighted by Crippen LogP contribution is 2.18. The van der Waals surface area contributed by atoms with E-state index in [1.807, 2.05) is 44.2 Å². The van der Waals surface area contributed by atoms with Gasteiger partial charge in [0.2, 0.25) is 15.9 Å². The fraction of sp³-hybridized carbons (Fsp3) is 0.562. The summed E-state index contributed by atoms with van der Waals surface area (Å²) in [7, 11) is -3.28. The Labute approximate surface area is 132 Å². The summed E-state index contributed by atoms with van der Waals surface area (Å²) in [6.07, 6.45) is 1.35. The van der Waals surface area contributed by atoms with Crippen molar-refractivity contribution in [2.24, 2.45) is 5.92 Å². The first-order valence-electron chi connectivity index (χ1n) is 7.70. The Morgan fingerprint density at radius 2 is 1.82 bits per heavy atom. The van der Waals surface area contributed by atoms with Gasteiger partial charge in [-0.15, -0.1) is 0 Å². The van der Waals surface area contributed by atoms with Crippen molar-refractivity contribution in [3.63, 3.8) is 0 Å². The molecule has 1 aromatic carbocycles. The standard InChI is InChI=1S/C16H24N2O3S/c1-13(2)16(19)17-15-8-10-18(11-9-15)22(20,21)12-14-6-4-3-5-7-14/h3-7,13,15H,8-12H2,1-2H3,(H,17,19). The predicted molar refractivity (Wildman–Crippen MR) is 86.6 cm³/mol. The third-order valence-electron chi connectivity index (χ3n) is 3.91. The highest BCUT2D eigenvalue weighted by Gasteiger charge is 2.28. The molecule has 1 fully saturated rings. The van der Waals surface area contributed by atoms with Crippen LogP contribution >= 0.6 is 0 Å². The van der Waals surface area contributed by atoms with Gasteiger partial charge in [-0.25, -0.2) is 12.7 Å². The van der Waals surface area contributed by atoms with Gasteiger partial charge in [-0.1, -0.05) is 44.2 Å². The maximum absolute atomic E-state index is 12.4. The van der Waals surface area contributed by atoms with Crippen molar-refractivity contribution in [3.05, 3.63) is 35.9 Å². The van der Waals surface area contributed by atoms with Crippen LogP contribution in [0.5, 0.6) is 0 Å². The first kappa shape index (κ1) is 17.0. The van der Waals surface area contributed by atoms with Crippen molar-refractivity contribution < 1.29 is 13.2 Å². The zero-order chi connectivity index (χ0) is 16.2. The zero-order valence-corrected chi connectivity index (χ0v) is 14.0. The number of benzene rings is 1. The molecule has 1 aliphatic rings. The van der Waals surface area contributed by atoms with Crippen LogP contribution in [0.3, 0.4) is 0 Å². The van der Waals surface area contributed by atoms with Gasteiger partial charge in [0.05, 0.1) is 5.75 Å². The molecule has 1 N–H and O–H groups in total. The molecule has 0 aromatic heterocycles. The van der Waals surface area contributed by atoms with Crippen molar-refractivity contribution in [2.75, 3.05) is 13.1 Å². The van der Waals surface area contributed by atoms with Gasteiger partial charge in [-0.3, -0.25) is 4.79 Å². The molecule has 0 saturated carbocycles. The van der Waals surface area contributed by atoms with Gasteiger partial charge in [0.1, 0.15) is 0 Å². The molecule has 0 aliphatic carbocycles. The lowest BCUT2D eigenvalue weighted by atomic mass is 10.1. The van der Waals surface area contributed by atoms with Crippen LogP contribution in [0.4, 0.5) is 0 Å². The number of nitrogens with one attached hydrogen (secondary N) is 1. The van der Waals surface area contributed by atoms with Gasteiger partial charge in [-0.05, 0) is 18.4 Å². The smallest absolute Gasteiger partial charge is 0.222 e. The molecule has 0 bridgehead atoms. The normalized spacial score (nSPS) is 17.6. The number of carbonyl (C=O) groups is 1. The minimum absolute atomic E-state index is 0.0330. The average molecular weight is 324 g/mol. The van der Waals surface area contributed by atoms with E-state index in [4.69, 9.17) is 0 Å². The molecular formula is C16H24N2O3S. The van der Waals surface area contributed by atoms with Gasteiger partial charge in [0.15, 0.2) is 0 Å². The lowest BCUT2D eigenvalue weighted by Gasteiger charge is -2.32. The zero-order valence-electron chi connectivity index (χ0n) is 13.2. The molecule has 22 heavy (non-hydrogen) atoms. The topological polar surface area (TPSA) is 66.5 Å². The van der Waals surface area contributed by atoms with E-state index >= 15 is 0 Å². The van der Waals surface area contributed by atoms with Crippen LogP contribution in [0, 0.1) is 5.92 Å². The monoisotopic (exact) mass is 324 g/mol. The second kappa shape index (κ2) is 7.24. The van der Waals surface area contributed by atoms with Crippen LogP contribution in [-0.2, 0) is 20.6 Å². The summed E-state index contributed by atoms with van der Waals surface area (Å²) in [6.45, 7) is 4.65. The number of sulfonamides is 1. The van der Waals surface area contributed by atoms with Gasteiger partial charge >= 0.3 is 0 Å². The Bertz CT molecular complexity index is 591. The summed E-state index contributed by atoms with van der Waals surface area (Å²) >= 11 is 0. The van der Waals surface area contributed by atoms with Crippen LogP contribution in [0.15, 0.2) is 30.3 Å². The fourth-order valence-electron chi connectivity index (χ4n) is 2.52. The van der Waals surface area contributed by atoms with E-state index in [9.17, 15) is 13.2 Å². The molecule has 1 saturated heterocycles. The van der Waals surface area contributed by atoms with E-state index in [0.29, 0.717) is 25.9 Å². The van der Waals surface area contributed by atoms with Gasteiger partial charge in [0.25, 0.3) is 0 Å². The van der Waals surface area contributed by atoms with Crippen molar-refractivity contribution in [1.29, 1.82) is 0 Å². The highest BCUT2D eigenvalue weighted by molar-refractivity contribution is 7.88. The maximum atomic E-state index is 12.4. The van der Waals surface area contributed by atoms with E-state index in [0.717, 1.165) is 5.56 Å². The number of amides is 1. The van der Waals surface area contributed by atoms with Crippen molar-refractivity contribution >= 4 is 15.9 Å². The number of carbonyl (C=O) groups excluding carboxylic acids is 1. The van der Waals surface area contributed by atoms with E-state index in [1.165, 1.54) is 4.31 Å². The van der Waals surface area contributed by atoms with E-state index < -0.39 is 10.0 Å². The molecule has 1 aliphatic heterocycles. The molecule has 2 rings (SSSR count). The third-order valence-corrected chi connectivity index (χ3v) is 5.76. The number of hydrogen-bond donors (Lipinski definition) is 1. The van der Waals surface area contributed by atoms with Crippen LogP contribution in [-0.4, -0.2) is 37.8 Å². The van der Waals surface area contributed by atoms with Gasteiger partial charge < -0.3 is 5.32 Å². The van der Waals surface area contributed by atoms with Crippen LogP contribution in [0.1, 0.15) is 32.3 Å². The average Bonchev–Trinajstić information content (AvgIpc) is 2.48. The first-order valence-corrected chi connectivity index (χ1v) is 9.31. The van der Waals surface area contributed by atoms with Crippen molar-refractivity contribution in [2.45, 2.75) is 38.5 Å². The predicted octanol–water partition coefficient (Wildman–Crippen LogP) is 1.75. The van der Waals surface area contributed by atoms with E-state index in [2.05, 4.69) is 5.32 Å². The summed E-state index contributed by atoms with van der Waals surface area (Å²) in [5.41, 5.74) is 0.803. The fourth-order valence-corrected chi connectivity index (χ4v) is 4.09. The van der Waals surface area contributed by atoms with Gasteiger partial charge in [0, 0.05) is 25.0 Å². The SMILES string of the molecule is CC(C)C(=O)NC1CCN(S(=O)(=O)Cc2ccccc2)CC1. The van der Waals surface area contributed by atoms with Crippen LogP contribution in [0.2, 0.25) is 0 Å². The Morgan fingerprint density at radius 1 is 1.23 bits per heavy atom. The lowest BCUT2D eigenvalue weighted by molar-refractivity contribution is -0.124. The first-order chi connectivity index (χ1) is 10.4. The summed E-state index contributed by atoms with van der Waals surface area (Å²) in [4.78, 5) is 11.7. The Hall–Kier alpha value is -1.40. The minimum atomic E-state index is -3.28. The molecule has 1 aromatic rings. The Morgan fingerprint density at radius 3 is 2.36 bits per heavy atom. The summed E-state index contributed by atoms with van der Waals surface area (Å²) < 4.78 is 26.4. The van der Waals surface area contributed by atoms with Crippen LogP contribution < -0.4 is 5.32 Å². The molecule has 5 nitrogen and oxygen atoms in total. The summed E-state index contributed by atoms with van der Waals surface area (Å²) in [6, 6.07) is 9.30. The summed E-state index contributed by atoms with van der Waals surface area (Å²) in [5, 5.41) is 2.98. The molecule has 0 radical (unpaired) electrons. The highest BCUT2D eigenvalue weighted by atomic mass is 32.2. The molecular weight excluding hydrogens is 300 g/mol. The molecule has 6 heteroatoms. The summed E-state index contributed by atoms with van der Waals surface area (Å²) in [5.74, 6) is 0.0297.